The summed E-state index contributed by atoms with van der Waals surface area (Å²) >= 11 is 0. The van der Waals surface area contributed by atoms with Gasteiger partial charge in [-0.1, -0.05) is 30.3 Å². The van der Waals surface area contributed by atoms with E-state index in [1.807, 2.05) is 4.90 Å². The fraction of sp³-hybridized carbons (Fsp3) is 0.412. The van der Waals surface area contributed by atoms with Gasteiger partial charge in [-0.15, -0.1) is 0 Å². The second-order valence-corrected chi connectivity index (χ2v) is 12.5. The second kappa shape index (κ2) is 13.6. The molecule has 2 aliphatic heterocycles. The van der Waals surface area contributed by atoms with Gasteiger partial charge < -0.3 is 35.6 Å². The number of aryl methyl sites for hydroxylation is 1. The van der Waals surface area contributed by atoms with Crippen LogP contribution in [0.5, 0.6) is 5.88 Å². The van der Waals surface area contributed by atoms with Crippen molar-refractivity contribution in [3.63, 3.8) is 0 Å². The summed E-state index contributed by atoms with van der Waals surface area (Å²) in [5.41, 5.74) is 8.02. The highest BCUT2D eigenvalue weighted by Gasteiger charge is 2.46. The van der Waals surface area contributed by atoms with Gasteiger partial charge >= 0.3 is 12.1 Å². The lowest BCUT2D eigenvalue weighted by Gasteiger charge is -2.39. The number of aliphatic carboxylic acids is 1. The number of aliphatic hydroxyl groups excluding tert-OH is 1. The van der Waals surface area contributed by atoms with Gasteiger partial charge in [-0.2, -0.15) is 28.2 Å². The van der Waals surface area contributed by atoms with E-state index in [1.54, 1.807) is 62.5 Å². The van der Waals surface area contributed by atoms with Gasteiger partial charge in [-0.05, 0) is 67.9 Å². The number of anilines is 2. The number of aliphatic hydroxyl groups is 1. The maximum Gasteiger partial charge on any atom is 0.429 e. The van der Waals surface area contributed by atoms with E-state index in [2.05, 4.69) is 20.4 Å². The first kappa shape index (κ1) is 34.1. The van der Waals surface area contributed by atoms with E-state index >= 15 is 13.2 Å². The topological polar surface area (TPSA) is 161 Å². The van der Waals surface area contributed by atoms with Crippen LogP contribution in [0.25, 0.3) is 16.8 Å². The number of nitrogens with one attached hydrogen (secondary N) is 1. The van der Waals surface area contributed by atoms with Crippen LogP contribution in [-0.2, 0) is 9.53 Å². The Kier molecular flexibility index (Phi) is 9.51. The van der Waals surface area contributed by atoms with E-state index < -0.39 is 30.6 Å². The lowest BCUT2D eigenvalue weighted by molar-refractivity contribution is -0.198. The van der Waals surface area contributed by atoms with Crippen LogP contribution >= 0.6 is 0 Å². The number of carboxylic acids is 1. The maximum atomic E-state index is 15.0. The zero-order chi connectivity index (χ0) is 34.9. The number of rotatable bonds is 10. The zero-order valence-electron chi connectivity index (χ0n) is 27.0. The van der Waals surface area contributed by atoms with Gasteiger partial charge in [0.2, 0.25) is 17.9 Å². The van der Waals surface area contributed by atoms with Crippen molar-refractivity contribution in [2.45, 2.75) is 57.7 Å². The number of hydrogen-bond acceptors (Lipinski definition) is 10. The third kappa shape index (κ3) is 7.48. The molecule has 4 heterocycles. The summed E-state index contributed by atoms with van der Waals surface area (Å²) in [4.78, 5) is 21.7. The highest BCUT2D eigenvalue weighted by Crippen LogP contribution is 2.43. The highest BCUT2D eigenvalue weighted by atomic mass is 19.4. The molecule has 1 unspecified atom stereocenters. The number of ether oxygens (including phenoxy) is 2. The standard InChI is InChI=1S/C34H38F3N7O5/c1-3-48-31(47)22-6-4-21(5-7-22)23-8-9-26(44-13-10-20(2)42-44)24(16-23)29(34(35,36)37)49-28-17-27(40-32(38)41-28)43-14-11-33(12-15-43)18-25(30(45)46)39-19-33/h4-10,13,16-17,25,29,31,39,47H,3,11-12,14-15,18-19H2,1-2H3,(H,45,46)(H2,38,40,41)/t25-,29+,31?/m0/s1. The first-order valence-corrected chi connectivity index (χ1v) is 16.0. The van der Waals surface area contributed by atoms with E-state index in [9.17, 15) is 15.0 Å². The van der Waals surface area contributed by atoms with Gasteiger partial charge in [0.05, 0.1) is 11.4 Å². The number of aromatic nitrogens is 4. The molecule has 2 aromatic heterocycles. The molecule has 0 bridgehead atoms. The minimum atomic E-state index is -4.88. The number of nitrogens with zero attached hydrogens (tertiary/aromatic N) is 5. The molecule has 2 saturated heterocycles. The average molecular weight is 682 g/mol. The molecular weight excluding hydrogens is 643 g/mol. The molecule has 15 heteroatoms. The number of carboxylic acid groups (broad SMARTS) is 1. The minimum Gasteiger partial charge on any atom is -0.480 e. The molecule has 1 spiro atoms. The van der Waals surface area contributed by atoms with Crippen molar-refractivity contribution in [1.29, 1.82) is 0 Å². The Morgan fingerprint density at radius 2 is 1.82 bits per heavy atom. The third-order valence-corrected chi connectivity index (χ3v) is 9.18. The van der Waals surface area contributed by atoms with E-state index in [-0.39, 0.29) is 28.5 Å². The predicted molar refractivity (Wildman–Crippen MR) is 174 cm³/mol. The van der Waals surface area contributed by atoms with Crippen molar-refractivity contribution in [3.05, 3.63) is 77.6 Å². The van der Waals surface area contributed by atoms with Crippen LogP contribution in [0.4, 0.5) is 24.9 Å². The second-order valence-electron chi connectivity index (χ2n) is 12.5. The number of benzene rings is 2. The van der Waals surface area contributed by atoms with Crippen molar-refractivity contribution in [2.24, 2.45) is 5.41 Å². The van der Waals surface area contributed by atoms with Gasteiger partial charge in [0, 0.05) is 49.6 Å². The van der Waals surface area contributed by atoms with Crippen LogP contribution in [0.2, 0.25) is 0 Å². The average Bonchev–Trinajstić information content (AvgIpc) is 3.69. The monoisotopic (exact) mass is 681 g/mol. The Morgan fingerprint density at radius 3 is 2.43 bits per heavy atom. The number of hydrogen-bond donors (Lipinski definition) is 4. The molecule has 2 aliphatic rings. The van der Waals surface area contributed by atoms with Crippen LogP contribution in [0, 0.1) is 12.3 Å². The highest BCUT2D eigenvalue weighted by molar-refractivity contribution is 5.74. The molecule has 0 aliphatic carbocycles. The first-order chi connectivity index (χ1) is 23.3. The predicted octanol–water partition coefficient (Wildman–Crippen LogP) is 4.96. The number of halogens is 3. The summed E-state index contributed by atoms with van der Waals surface area (Å²) in [5, 5.41) is 27.0. The minimum absolute atomic E-state index is 0.163. The van der Waals surface area contributed by atoms with E-state index in [0.717, 1.165) is 0 Å². The number of carbonyl (C=O) groups is 1. The molecule has 49 heavy (non-hydrogen) atoms. The molecule has 0 radical (unpaired) electrons. The first-order valence-electron chi connectivity index (χ1n) is 16.0. The Morgan fingerprint density at radius 1 is 1.10 bits per heavy atom. The lowest BCUT2D eigenvalue weighted by Crippen LogP contribution is -2.41. The van der Waals surface area contributed by atoms with Gasteiger partial charge in [-0.25, -0.2) is 4.68 Å². The van der Waals surface area contributed by atoms with Crippen LogP contribution in [0.3, 0.4) is 0 Å². The summed E-state index contributed by atoms with van der Waals surface area (Å²) in [6.45, 7) is 5.41. The fourth-order valence-corrected chi connectivity index (χ4v) is 6.56. The Bertz CT molecular complexity index is 1790. The Labute approximate surface area is 280 Å². The molecule has 4 aromatic rings. The SMILES string of the molecule is CCOC(O)c1ccc(-c2ccc(-n3ccc(C)n3)c([C@@H](Oc3cc(N4CCC5(CC4)CN[C@H](C(=O)O)C5)nc(N)n3)C(F)(F)F)c2)cc1. The molecule has 0 amide bonds. The molecule has 2 fully saturated rings. The molecule has 5 N–H and O–H groups in total. The quantitative estimate of drug-likeness (QED) is 0.168. The van der Waals surface area contributed by atoms with Gasteiger partial charge in [0.25, 0.3) is 0 Å². The third-order valence-electron chi connectivity index (χ3n) is 9.18. The lowest BCUT2D eigenvalue weighted by atomic mass is 9.76. The summed E-state index contributed by atoms with van der Waals surface area (Å²) in [6, 6.07) is 13.8. The van der Waals surface area contributed by atoms with Crippen molar-refractivity contribution < 1.29 is 37.7 Å². The molecule has 12 nitrogen and oxygen atoms in total. The van der Waals surface area contributed by atoms with Gasteiger partial charge in [0.1, 0.15) is 11.9 Å². The van der Waals surface area contributed by atoms with Crippen molar-refractivity contribution in [2.75, 3.05) is 36.9 Å². The smallest absolute Gasteiger partial charge is 0.429 e. The summed E-state index contributed by atoms with van der Waals surface area (Å²) in [7, 11) is 0. The van der Waals surface area contributed by atoms with E-state index in [0.29, 0.717) is 73.7 Å². The molecule has 2 aromatic carbocycles. The molecule has 6 rings (SSSR count). The van der Waals surface area contributed by atoms with Crippen molar-refractivity contribution >= 4 is 17.7 Å². The van der Waals surface area contributed by atoms with Gasteiger partial charge in [-0.3, -0.25) is 4.79 Å². The molecule has 0 saturated carbocycles. The normalized spacial score (nSPS) is 18.8. The number of nitrogen functional groups attached to an aromatic ring is 1. The molecular formula is C34H38F3N7O5. The van der Waals surface area contributed by atoms with E-state index in [4.69, 9.17) is 15.2 Å². The van der Waals surface area contributed by atoms with Gasteiger partial charge in [0.15, 0.2) is 6.29 Å². The summed E-state index contributed by atoms with van der Waals surface area (Å²) in [6.07, 6.45) is -5.01. The Hall–Kier alpha value is -4.73. The number of piperidine rings is 1. The van der Waals surface area contributed by atoms with E-state index in [1.165, 1.54) is 16.8 Å². The van der Waals surface area contributed by atoms with Crippen LogP contribution < -0.4 is 20.7 Å². The van der Waals surface area contributed by atoms with Crippen molar-refractivity contribution in [1.82, 2.24) is 25.1 Å². The van der Waals surface area contributed by atoms with Crippen LogP contribution in [0.1, 0.15) is 55.4 Å². The largest absolute Gasteiger partial charge is 0.480 e. The van der Waals surface area contributed by atoms with Crippen LogP contribution in [-0.4, -0.2) is 74.4 Å². The maximum absolute atomic E-state index is 15.0. The van der Waals surface area contributed by atoms with Crippen LogP contribution in [0.15, 0.2) is 60.8 Å². The number of nitrogens with two attached hydrogens (primary N) is 1. The summed E-state index contributed by atoms with van der Waals surface area (Å²) < 4.78 is 57.4. The summed E-state index contributed by atoms with van der Waals surface area (Å²) in [5.74, 6) is -1.14. The zero-order valence-corrected chi connectivity index (χ0v) is 27.0. The number of alkyl halides is 3. The Balaban J connectivity index is 1.31. The fourth-order valence-electron chi connectivity index (χ4n) is 6.56. The molecule has 260 valence electrons. The van der Waals surface area contributed by atoms with Crippen molar-refractivity contribution in [3.8, 4) is 22.7 Å². The molecule has 3 atom stereocenters.